The number of nitrogens with two attached hydrogens (primary N) is 1. The molecule has 0 spiro atoms. The van der Waals surface area contributed by atoms with Gasteiger partial charge >= 0.3 is 12.2 Å². The lowest BCUT2D eigenvalue weighted by Crippen LogP contribution is -2.46. The number of nitrogens with zero attached hydrogens (tertiary/aromatic N) is 2. The number of carbonyl (C=O) groups is 2. The van der Waals surface area contributed by atoms with E-state index in [9.17, 15) is 26.4 Å². The summed E-state index contributed by atoms with van der Waals surface area (Å²) in [6.45, 7) is 9.87. The molecule has 0 radical (unpaired) electrons. The fraction of sp³-hybridized carbons (Fsp3) is 0.641. The minimum absolute atomic E-state index is 0.0356. The Morgan fingerprint density at radius 2 is 1.07 bits per heavy atom. The van der Waals surface area contributed by atoms with Crippen molar-refractivity contribution in [3.63, 3.8) is 0 Å². The Hall–Kier alpha value is -3.32. The lowest BCUT2D eigenvalue weighted by atomic mass is 10.1. The zero-order chi connectivity index (χ0) is 40.7. The molecular weight excluding hydrogens is 761 g/mol. The molecule has 2 amide bonds. The highest BCUT2D eigenvalue weighted by atomic mass is 32.2. The molecule has 2 aromatic rings. The van der Waals surface area contributed by atoms with Gasteiger partial charge in [-0.25, -0.2) is 35.0 Å². The van der Waals surface area contributed by atoms with Crippen molar-refractivity contribution >= 4 is 32.2 Å². The molecule has 0 saturated carbocycles. The Morgan fingerprint density at radius 1 is 0.679 bits per heavy atom. The molecule has 6 rings (SSSR count). The van der Waals surface area contributed by atoms with E-state index < -0.39 is 26.1 Å². The molecule has 4 fully saturated rings. The summed E-state index contributed by atoms with van der Waals surface area (Å²) in [5, 5.41) is 8.94. The summed E-state index contributed by atoms with van der Waals surface area (Å²) in [7, 11) is -6.10. The summed E-state index contributed by atoms with van der Waals surface area (Å²) in [4.78, 5) is 23.3. The van der Waals surface area contributed by atoms with Crippen LogP contribution in [0.4, 0.5) is 9.59 Å². The molecule has 4 saturated heterocycles. The van der Waals surface area contributed by atoms with Crippen LogP contribution in [0.3, 0.4) is 0 Å². The summed E-state index contributed by atoms with van der Waals surface area (Å²) in [5.41, 5.74) is 7.60. The normalized spacial score (nSPS) is 18.8. The smallest absolute Gasteiger partial charge is 0.407 e. The minimum atomic E-state index is -3.13. The molecule has 0 atom stereocenters. The number of hydrogen-bond acceptors (Lipinski definition) is 11. The van der Waals surface area contributed by atoms with Crippen LogP contribution in [0, 0.1) is 0 Å². The lowest BCUT2D eigenvalue weighted by Gasteiger charge is -2.31. The first-order valence-electron chi connectivity index (χ1n) is 19.9. The van der Waals surface area contributed by atoms with Crippen LogP contribution >= 0.6 is 0 Å². The van der Waals surface area contributed by atoms with Crippen molar-refractivity contribution in [3.05, 3.63) is 71.8 Å². The summed E-state index contributed by atoms with van der Waals surface area (Å²) in [6.07, 6.45) is 6.53. The molecule has 0 unspecified atom stereocenters. The number of benzene rings is 2. The van der Waals surface area contributed by atoms with Crippen LogP contribution in [-0.4, -0.2) is 120 Å². The fourth-order valence-corrected chi connectivity index (χ4v) is 8.40. The highest BCUT2D eigenvalue weighted by molar-refractivity contribution is 7.89. The van der Waals surface area contributed by atoms with Gasteiger partial charge in [0.15, 0.2) is 0 Å². The third-order valence-electron chi connectivity index (χ3n) is 9.70. The molecule has 56 heavy (non-hydrogen) atoms. The second kappa shape index (κ2) is 25.8. The first-order chi connectivity index (χ1) is 26.9. The van der Waals surface area contributed by atoms with Crippen molar-refractivity contribution < 1.29 is 40.6 Å². The number of ether oxygens (including phenoxy) is 3. The monoisotopic (exact) mass is 824 g/mol. The van der Waals surface area contributed by atoms with E-state index in [2.05, 4.69) is 16.0 Å². The number of amides is 2. The van der Waals surface area contributed by atoms with Gasteiger partial charge in [0, 0.05) is 57.5 Å². The molecule has 0 aromatic heterocycles. The molecule has 4 heterocycles. The van der Waals surface area contributed by atoms with Crippen molar-refractivity contribution in [2.45, 2.75) is 96.6 Å². The van der Waals surface area contributed by atoms with Crippen molar-refractivity contribution in [1.29, 1.82) is 0 Å². The third kappa shape index (κ3) is 18.7. The van der Waals surface area contributed by atoms with Gasteiger partial charge in [-0.15, -0.1) is 0 Å². The average Bonchev–Trinajstić information content (AvgIpc) is 3.82. The second-order valence-electron chi connectivity index (χ2n) is 14.0. The van der Waals surface area contributed by atoms with E-state index in [0.717, 1.165) is 63.1 Å². The van der Waals surface area contributed by atoms with Gasteiger partial charge in [-0.3, -0.25) is 0 Å². The number of nitrogens with one attached hydrogen (secondary N) is 3. The molecule has 316 valence electrons. The second-order valence-corrected chi connectivity index (χ2v) is 18.5. The van der Waals surface area contributed by atoms with Crippen LogP contribution < -0.4 is 21.7 Å². The summed E-state index contributed by atoms with van der Waals surface area (Å²) in [6, 6.07) is 19.6. The number of piperidine rings is 3. The van der Waals surface area contributed by atoms with E-state index in [1.54, 1.807) is 13.8 Å². The van der Waals surface area contributed by atoms with Gasteiger partial charge in [-0.05, 0) is 89.4 Å². The van der Waals surface area contributed by atoms with Crippen LogP contribution in [0.1, 0.15) is 76.3 Å². The number of carbonyl (C=O) groups excluding carboxylic acids is 2. The number of rotatable bonds is 10. The highest BCUT2D eigenvalue weighted by Gasteiger charge is 2.28. The third-order valence-corrected chi connectivity index (χ3v) is 13.5. The van der Waals surface area contributed by atoms with Crippen molar-refractivity contribution in [1.82, 2.24) is 24.6 Å². The molecule has 4 aliphatic heterocycles. The van der Waals surface area contributed by atoms with Crippen molar-refractivity contribution in [2.75, 3.05) is 64.0 Å². The Labute approximate surface area is 334 Å². The Bertz CT molecular complexity index is 1590. The molecule has 5 N–H and O–H groups in total. The van der Waals surface area contributed by atoms with Crippen LogP contribution in [-0.2, 0) is 47.5 Å². The van der Waals surface area contributed by atoms with E-state index in [-0.39, 0.29) is 42.3 Å². The Morgan fingerprint density at radius 3 is 1.45 bits per heavy atom. The minimum Gasteiger partial charge on any atom is -0.445 e. The number of alkyl carbamates (subject to hydrolysis) is 2. The predicted octanol–water partition coefficient (Wildman–Crippen LogP) is 3.95. The van der Waals surface area contributed by atoms with Gasteiger partial charge in [-0.1, -0.05) is 60.7 Å². The topological polar surface area (TPSA) is 199 Å². The maximum absolute atomic E-state index is 11.8. The van der Waals surface area contributed by atoms with Gasteiger partial charge in [0.1, 0.15) is 13.2 Å². The molecule has 4 aliphatic rings. The summed E-state index contributed by atoms with van der Waals surface area (Å²) >= 11 is 0. The first-order valence-corrected chi connectivity index (χ1v) is 23.1. The Balaban J connectivity index is 0.000000219. The van der Waals surface area contributed by atoms with Gasteiger partial charge in [0.2, 0.25) is 20.0 Å². The SMILES string of the molecule is C1CCOC1.CCS(=O)(=O)N1CCC(N)CC1.CCS(=O)(=O)N1CCC(NC(=O)OCc2ccccc2)CC1.O=C(NC1CCNCC1)OCc1ccccc1. The zero-order valence-corrected chi connectivity index (χ0v) is 34.7. The van der Waals surface area contributed by atoms with Crippen LogP contribution in [0.25, 0.3) is 0 Å². The fourth-order valence-electron chi connectivity index (χ4n) is 6.14. The molecule has 15 nitrogen and oxygen atoms in total. The van der Waals surface area contributed by atoms with Gasteiger partial charge in [0.25, 0.3) is 0 Å². The van der Waals surface area contributed by atoms with Crippen LogP contribution in [0.2, 0.25) is 0 Å². The molecule has 0 bridgehead atoms. The van der Waals surface area contributed by atoms with Gasteiger partial charge in [0.05, 0.1) is 11.5 Å². The quantitative estimate of drug-likeness (QED) is 0.271. The maximum atomic E-state index is 11.8. The average molecular weight is 825 g/mol. The van der Waals surface area contributed by atoms with Gasteiger partial charge < -0.3 is 35.9 Å². The lowest BCUT2D eigenvalue weighted by molar-refractivity contribution is 0.131. The zero-order valence-electron chi connectivity index (χ0n) is 33.1. The molecule has 0 aliphatic carbocycles. The number of hydrogen-bond donors (Lipinski definition) is 4. The summed E-state index contributed by atoms with van der Waals surface area (Å²) in [5.74, 6) is 0.312. The standard InChI is InChI=1S/C15H22N2O4S.C13H18N2O2.C7H16N2O2S.C4H8O/c1-2-22(19,20)17-10-8-14(9-11-17)16-15(18)21-12-13-6-4-3-5-7-13;16-13(15-12-6-8-14-9-7-12)17-10-11-4-2-1-3-5-11;1-2-12(10,11)9-5-3-7(8)4-6-9;1-2-4-5-3-1/h3-7,14H,2,8-12H2,1H3,(H,16,18);1-5,12,14H,6-10H2,(H,15,16);7H,2-6,8H2,1H3;1-4H2. The first kappa shape index (κ1) is 47.1. The molecular formula is C39H64N6O9S2. The van der Waals surface area contributed by atoms with E-state index in [1.807, 2.05) is 60.7 Å². The van der Waals surface area contributed by atoms with E-state index in [4.69, 9.17) is 19.9 Å². The van der Waals surface area contributed by atoms with E-state index >= 15 is 0 Å². The van der Waals surface area contributed by atoms with E-state index in [1.165, 1.54) is 21.5 Å². The highest BCUT2D eigenvalue weighted by Crippen LogP contribution is 2.15. The van der Waals surface area contributed by atoms with Crippen molar-refractivity contribution in [2.24, 2.45) is 5.73 Å². The molecule has 2 aromatic carbocycles. The maximum Gasteiger partial charge on any atom is 0.407 e. The Kier molecular flexibility index (Phi) is 21.7. The van der Waals surface area contributed by atoms with E-state index in [0.29, 0.717) is 45.6 Å². The molecule has 17 heteroatoms. The largest absolute Gasteiger partial charge is 0.445 e. The van der Waals surface area contributed by atoms with Gasteiger partial charge in [-0.2, -0.15) is 0 Å². The number of sulfonamides is 2. The predicted molar refractivity (Wildman–Crippen MR) is 218 cm³/mol. The van der Waals surface area contributed by atoms with Crippen LogP contribution in [0.15, 0.2) is 60.7 Å². The summed E-state index contributed by atoms with van der Waals surface area (Å²) < 4.78 is 64.5. The van der Waals surface area contributed by atoms with Crippen molar-refractivity contribution in [3.8, 4) is 0 Å². The van der Waals surface area contributed by atoms with Crippen LogP contribution in [0.5, 0.6) is 0 Å².